The van der Waals surface area contributed by atoms with Gasteiger partial charge in [-0.15, -0.1) is 22.7 Å². The molecule has 0 saturated heterocycles. The molecule has 0 saturated carbocycles. The fourth-order valence-corrected chi connectivity index (χ4v) is 4.45. The van der Waals surface area contributed by atoms with E-state index < -0.39 is 5.97 Å². The number of hydrogen-bond donors (Lipinski definition) is 1. The predicted octanol–water partition coefficient (Wildman–Crippen LogP) is 4.81. The summed E-state index contributed by atoms with van der Waals surface area (Å²) in [4.78, 5) is 25.4. The van der Waals surface area contributed by atoms with Crippen LogP contribution in [0, 0.1) is 0 Å². The van der Waals surface area contributed by atoms with Crippen LogP contribution in [0.2, 0.25) is 0 Å². The number of esters is 1. The number of thiophene rings is 2. The molecule has 3 rings (SSSR count). The lowest BCUT2D eigenvalue weighted by atomic mass is 10.1. The van der Waals surface area contributed by atoms with Crippen LogP contribution in [-0.2, 0) is 16.1 Å². The molecule has 2 aromatic heterocycles. The maximum absolute atomic E-state index is 12.9. The van der Waals surface area contributed by atoms with Gasteiger partial charge in [0.2, 0.25) is 5.91 Å². The summed E-state index contributed by atoms with van der Waals surface area (Å²) in [5.74, 6) is 0.474. The molecule has 0 aliphatic rings. The normalized spacial score (nSPS) is 10.4. The molecule has 0 aliphatic heterocycles. The molecule has 1 amide bonds. The number of carbonyl (C=O) groups excluding carboxylic acids is 2. The van der Waals surface area contributed by atoms with Gasteiger partial charge in [0.25, 0.3) is 0 Å². The summed E-state index contributed by atoms with van der Waals surface area (Å²) in [5, 5.41) is 6.96. The molecule has 0 radical (unpaired) electrons. The fourth-order valence-electron chi connectivity index (χ4n) is 2.64. The van der Waals surface area contributed by atoms with Gasteiger partial charge in [0.15, 0.2) is 0 Å². The van der Waals surface area contributed by atoms with Gasteiger partial charge < -0.3 is 19.5 Å². The van der Waals surface area contributed by atoms with Crippen LogP contribution >= 0.6 is 22.7 Å². The first-order valence-electron chi connectivity index (χ1n) is 8.34. The van der Waals surface area contributed by atoms with Crippen molar-refractivity contribution in [3.05, 3.63) is 52.2 Å². The Bertz CT molecular complexity index is 979. The number of benzene rings is 1. The van der Waals surface area contributed by atoms with Crippen LogP contribution in [0.25, 0.3) is 10.4 Å². The Balaban J connectivity index is 1.88. The number of amides is 1. The summed E-state index contributed by atoms with van der Waals surface area (Å²) in [7, 11) is 3.12. The minimum Gasteiger partial charge on any atom is -0.497 e. The second kappa shape index (κ2) is 8.90. The molecule has 0 fully saturated rings. The van der Waals surface area contributed by atoms with Crippen molar-refractivity contribution in [2.45, 2.75) is 13.5 Å². The van der Waals surface area contributed by atoms with E-state index in [1.165, 1.54) is 29.6 Å². The van der Waals surface area contributed by atoms with Crippen molar-refractivity contribution in [3.8, 4) is 21.9 Å². The Kier molecular flexibility index (Phi) is 6.33. The molecule has 1 N–H and O–H groups in total. The fraction of sp³-hybridized carbons (Fsp3) is 0.200. The summed E-state index contributed by atoms with van der Waals surface area (Å²) in [6.45, 7) is 1.42. The van der Waals surface area contributed by atoms with Crippen LogP contribution in [-0.4, -0.2) is 26.1 Å². The summed E-state index contributed by atoms with van der Waals surface area (Å²) in [6, 6.07) is 9.12. The minimum atomic E-state index is -0.515. The van der Waals surface area contributed by atoms with E-state index in [4.69, 9.17) is 14.2 Å². The van der Waals surface area contributed by atoms with E-state index in [2.05, 4.69) is 5.32 Å². The highest BCUT2D eigenvalue weighted by Crippen LogP contribution is 2.38. The van der Waals surface area contributed by atoms with Gasteiger partial charge in [0.1, 0.15) is 28.7 Å². The van der Waals surface area contributed by atoms with Crippen molar-refractivity contribution in [2.24, 2.45) is 0 Å². The Morgan fingerprint density at radius 2 is 1.93 bits per heavy atom. The van der Waals surface area contributed by atoms with Crippen LogP contribution in [0.3, 0.4) is 0 Å². The number of ether oxygens (including phenoxy) is 3. The molecule has 28 heavy (non-hydrogen) atoms. The summed E-state index contributed by atoms with van der Waals surface area (Å²) < 4.78 is 16.1. The van der Waals surface area contributed by atoms with Gasteiger partial charge in [-0.25, -0.2) is 4.79 Å². The number of nitrogens with one attached hydrogen (secondary N) is 1. The molecular weight excluding hydrogens is 398 g/mol. The average Bonchev–Trinajstić information content (AvgIpc) is 3.35. The lowest BCUT2D eigenvalue weighted by molar-refractivity contribution is -0.114. The number of anilines is 1. The van der Waals surface area contributed by atoms with Crippen LogP contribution < -0.4 is 14.8 Å². The molecule has 146 valence electrons. The third-order valence-corrected chi connectivity index (χ3v) is 5.72. The van der Waals surface area contributed by atoms with Gasteiger partial charge in [0.05, 0.1) is 14.2 Å². The largest absolute Gasteiger partial charge is 0.497 e. The summed E-state index contributed by atoms with van der Waals surface area (Å²) in [6.07, 6.45) is 0. The molecule has 0 bridgehead atoms. The van der Waals surface area contributed by atoms with E-state index in [1.807, 2.05) is 22.9 Å². The van der Waals surface area contributed by atoms with Crippen LogP contribution in [0.15, 0.2) is 41.1 Å². The van der Waals surface area contributed by atoms with Crippen molar-refractivity contribution in [1.29, 1.82) is 0 Å². The van der Waals surface area contributed by atoms with Crippen LogP contribution in [0.4, 0.5) is 5.00 Å². The summed E-state index contributed by atoms with van der Waals surface area (Å²) in [5.41, 5.74) is 1.78. The number of carbonyl (C=O) groups is 2. The standard InChI is InChI=1S/C20H19NO5S2/c1-12(22)21-19-18(15(11-28-19)17-5-4-8-27-17)20(23)26-10-13-9-14(24-2)6-7-16(13)25-3/h4-9,11H,10H2,1-3H3,(H,21,22). The smallest absolute Gasteiger partial charge is 0.342 e. The van der Waals surface area contributed by atoms with E-state index in [0.29, 0.717) is 27.6 Å². The van der Waals surface area contributed by atoms with Gasteiger partial charge in [-0.1, -0.05) is 6.07 Å². The van der Waals surface area contributed by atoms with Crippen LogP contribution in [0.5, 0.6) is 11.5 Å². The third-order valence-electron chi connectivity index (χ3n) is 3.92. The van der Waals surface area contributed by atoms with Crippen molar-refractivity contribution in [2.75, 3.05) is 19.5 Å². The van der Waals surface area contributed by atoms with Gasteiger partial charge in [-0.3, -0.25) is 4.79 Å². The molecule has 0 unspecified atom stereocenters. The van der Waals surface area contributed by atoms with Crippen molar-refractivity contribution in [1.82, 2.24) is 0 Å². The Hall–Kier alpha value is -2.84. The molecule has 0 aliphatic carbocycles. The highest BCUT2D eigenvalue weighted by atomic mass is 32.1. The Morgan fingerprint density at radius 1 is 1.11 bits per heavy atom. The average molecular weight is 418 g/mol. The highest BCUT2D eigenvalue weighted by Gasteiger charge is 2.23. The summed E-state index contributed by atoms with van der Waals surface area (Å²) >= 11 is 2.81. The maximum atomic E-state index is 12.9. The highest BCUT2D eigenvalue weighted by molar-refractivity contribution is 7.17. The zero-order valence-electron chi connectivity index (χ0n) is 15.6. The molecule has 2 heterocycles. The van der Waals surface area contributed by atoms with Gasteiger partial charge in [-0.05, 0) is 29.6 Å². The molecule has 3 aromatic rings. The quantitative estimate of drug-likeness (QED) is 0.559. The third kappa shape index (κ3) is 4.35. The molecule has 8 heteroatoms. The predicted molar refractivity (Wildman–Crippen MR) is 111 cm³/mol. The van der Waals surface area contributed by atoms with Gasteiger partial charge >= 0.3 is 5.97 Å². The van der Waals surface area contributed by atoms with E-state index in [9.17, 15) is 9.59 Å². The molecular formula is C20H19NO5S2. The monoisotopic (exact) mass is 417 g/mol. The zero-order chi connectivity index (χ0) is 20.1. The second-order valence-corrected chi connectivity index (χ2v) is 7.59. The first-order chi connectivity index (χ1) is 13.5. The molecule has 1 aromatic carbocycles. The molecule has 6 nitrogen and oxygen atoms in total. The number of rotatable bonds is 7. The topological polar surface area (TPSA) is 73.9 Å². The van der Waals surface area contributed by atoms with E-state index >= 15 is 0 Å². The lowest BCUT2D eigenvalue weighted by Crippen LogP contribution is -2.12. The first-order valence-corrected chi connectivity index (χ1v) is 10.1. The van der Waals surface area contributed by atoms with Crippen molar-refractivity contribution >= 4 is 39.6 Å². The number of methoxy groups -OCH3 is 2. The zero-order valence-corrected chi connectivity index (χ0v) is 17.2. The van der Waals surface area contributed by atoms with Crippen molar-refractivity contribution < 1.29 is 23.8 Å². The lowest BCUT2D eigenvalue weighted by Gasteiger charge is -2.12. The van der Waals surface area contributed by atoms with E-state index in [1.54, 1.807) is 32.4 Å². The van der Waals surface area contributed by atoms with E-state index in [0.717, 1.165) is 10.4 Å². The SMILES string of the molecule is COc1ccc(OC)c(COC(=O)c2c(-c3cccs3)csc2NC(C)=O)c1. The molecule has 0 atom stereocenters. The van der Waals surface area contributed by atoms with Crippen molar-refractivity contribution in [3.63, 3.8) is 0 Å². The minimum absolute atomic E-state index is 0.0123. The van der Waals surface area contributed by atoms with Gasteiger partial charge in [0, 0.05) is 28.3 Å². The van der Waals surface area contributed by atoms with E-state index in [-0.39, 0.29) is 12.5 Å². The Morgan fingerprint density at radius 3 is 2.57 bits per heavy atom. The first kappa shape index (κ1) is 19.9. The maximum Gasteiger partial charge on any atom is 0.342 e. The molecule has 0 spiro atoms. The Labute approximate surface area is 170 Å². The van der Waals surface area contributed by atoms with Gasteiger partial charge in [-0.2, -0.15) is 0 Å². The number of hydrogen-bond acceptors (Lipinski definition) is 7. The second-order valence-electron chi connectivity index (χ2n) is 5.77. The van der Waals surface area contributed by atoms with Crippen LogP contribution in [0.1, 0.15) is 22.8 Å².